The van der Waals surface area contributed by atoms with Crippen LogP contribution in [0.25, 0.3) is 0 Å². The van der Waals surface area contributed by atoms with Crippen LogP contribution in [-0.4, -0.2) is 17.2 Å². The molecule has 1 aromatic rings. The summed E-state index contributed by atoms with van der Waals surface area (Å²) >= 11 is 0. The Morgan fingerprint density at radius 2 is 2.20 bits per heavy atom. The zero-order chi connectivity index (χ0) is 10.7. The second-order valence-electron chi connectivity index (χ2n) is 3.57. The number of hydrogen-bond donors (Lipinski definition) is 2. The van der Waals surface area contributed by atoms with Gasteiger partial charge in [-0.15, -0.1) is 0 Å². The summed E-state index contributed by atoms with van der Waals surface area (Å²) in [6.07, 6.45) is 3.35. The Kier molecular flexibility index (Phi) is 2.67. The van der Waals surface area contributed by atoms with Gasteiger partial charge in [-0.1, -0.05) is 12.1 Å². The molecule has 0 unspecified atom stereocenters. The molecule has 4 nitrogen and oxygen atoms in total. The SMILES string of the molecule is O=C(N/N=C/c1ccccc1O)C1CC1. The number of aromatic hydroxyl groups is 1. The minimum Gasteiger partial charge on any atom is -0.507 e. The summed E-state index contributed by atoms with van der Waals surface area (Å²) in [4.78, 5) is 11.2. The van der Waals surface area contributed by atoms with Crippen molar-refractivity contribution in [1.29, 1.82) is 0 Å². The van der Waals surface area contributed by atoms with Crippen molar-refractivity contribution in [3.05, 3.63) is 29.8 Å². The highest BCUT2D eigenvalue weighted by Gasteiger charge is 2.29. The molecule has 0 aliphatic heterocycles. The summed E-state index contributed by atoms with van der Waals surface area (Å²) in [5.74, 6) is 0.259. The number of benzene rings is 1. The van der Waals surface area contributed by atoms with E-state index >= 15 is 0 Å². The smallest absolute Gasteiger partial charge is 0.243 e. The van der Waals surface area contributed by atoms with Crippen LogP contribution in [-0.2, 0) is 4.79 Å². The van der Waals surface area contributed by atoms with Crippen LogP contribution in [0.1, 0.15) is 18.4 Å². The molecule has 1 aliphatic carbocycles. The summed E-state index contributed by atoms with van der Waals surface area (Å²) in [7, 11) is 0. The number of hydrazone groups is 1. The highest BCUT2D eigenvalue weighted by molar-refractivity contribution is 5.86. The number of nitrogens with one attached hydrogen (secondary N) is 1. The van der Waals surface area contributed by atoms with E-state index in [4.69, 9.17) is 0 Å². The summed E-state index contributed by atoms with van der Waals surface area (Å²) in [5, 5.41) is 13.2. The van der Waals surface area contributed by atoms with Crippen LogP contribution in [0, 0.1) is 5.92 Å². The lowest BCUT2D eigenvalue weighted by Gasteiger charge is -1.97. The van der Waals surface area contributed by atoms with Gasteiger partial charge in [-0.05, 0) is 25.0 Å². The number of rotatable bonds is 3. The standard InChI is InChI=1S/C11H12N2O2/c14-10-4-2-1-3-9(10)7-12-13-11(15)8-5-6-8/h1-4,7-8,14H,5-6H2,(H,13,15)/b12-7+. The number of amides is 1. The van der Waals surface area contributed by atoms with Crippen LogP contribution in [0.2, 0.25) is 0 Å². The average molecular weight is 204 g/mol. The Labute approximate surface area is 87.6 Å². The van der Waals surface area contributed by atoms with Gasteiger partial charge < -0.3 is 5.11 Å². The Bertz CT molecular complexity index is 397. The number of hydrogen-bond acceptors (Lipinski definition) is 3. The van der Waals surface area contributed by atoms with Crippen molar-refractivity contribution in [2.24, 2.45) is 11.0 Å². The van der Waals surface area contributed by atoms with E-state index in [1.165, 1.54) is 6.21 Å². The lowest BCUT2D eigenvalue weighted by molar-refractivity contribution is -0.122. The normalized spacial score (nSPS) is 15.5. The van der Waals surface area contributed by atoms with Crippen molar-refractivity contribution >= 4 is 12.1 Å². The average Bonchev–Trinajstić information content (AvgIpc) is 3.04. The second kappa shape index (κ2) is 4.13. The zero-order valence-electron chi connectivity index (χ0n) is 8.18. The predicted molar refractivity (Wildman–Crippen MR) is 56.6 cm³/mol. The van der Waals surface area contributed by atoms with E-state index in [9.17, 15) is 9.90 Å². The van der Waals surface area contributed by atoms with Gasteiger partial charge in [0.05, 0.1) is 6.21 Å². The maximum Gasteiger partial charge on any atom is 0.243 e. The maximum absolute atomic E-state index is 11.2. The molecule has 1 aliphatic rings. The van der Waals surface area contributed by atoms with Gasteiger partial charge in [0.2, 0.25) is 5.91 Å². The first-order valence-corrected chi connectivity index (χ1v) is 4.88. The van der Waals surface area contributed by atoms with E-state index in [1.807, 2.05) is 0 Å². The van der Waals surface area contributed by atoms with Crippen LogP contribution in [0.4, 0.5) is 0 Å². The van der Waals surface area contributed by atoms with Gasteiger partial charge in [-0.25, -0.2) is 5.43 Å². The minimum absolute atomic E-state index is 0.0401. The molecule has 0 spiro atoms. The highest BCUT2D eigenvalue weighted by Crippen LogP contribution is 2.28. The lowest BCUT2D eigenvalue weighted by Crippen LogP contribution is -2.18. The van der Waals surface area contributed by atoms with Gasteiger partial charge in [0.15, 0.2) is 0 Å². The molecule has 1 aromatic carbocycles. The summed E-state index contributed by atoms with van der Waals surface area (Å²) in [6, 6.07) is 6.82. The molecule has 0 saturated heterocycles. The lowest BCUT2D eigenvalue weighted by atomic mass is 10.2. The third-order valence-corrected chi connectivity index (χ3v) is 2.26. The van der Waals surface area contributed by atoms with Gasteiger partial charge in [0, 0.05) is 11.5 Å². The molecule has 0 radical (unpaired) electrons. The molecule has 2 N–H and O–H groups in total. The molecule has 1 fully saturated rings. The fourth-order valence-electron chi connectivity index (χ4n) is 1.20. The Morgan fingerprint density at radius 1 is 1.47 bits per heavy atom. The molecular weight excluding hydrogens is 192 g/mol. The second-order valence-corrected chi connectivity index (χ2v) is 3.57. The maximum atomic E-state index is 11.2. The number of nitrogens with zero attached hydrogens (tertiary/aromatic N) is 1. The fourth-order valence-corrected chi connectivity index (χ4v) is 1.20. The fraction of sp³-hybridized carbons (Fsp3) is 0.273. The predicted octanol–water partition coefficient (Wildman–Crippen LogP) is 1.25. The third kappa shape index (κ3) is 2.56. The first-order chi connectivity index (χ1) is 7.27. The topological polar surface area (TPSA) is 61.7 Å². The van der Waals surface area contributed by atoms with E-state index in [1.54, 1.807) is 24.3 Å². The van der Waals surface area contributed by atoms with E-state index in [0.717, 1.165) is 12.8 Å². The molecule has 4 heteroatoms. The molecule has 1 saturated carbocycles. The van der Waals surface area contributed by atoms with Gasteiger partial charge in [-0.3, -0.25) is 4.79 Å². The Morgan fingerprint density at radius 3 is 2.87 bits per heavy atom. The number of phenols is 1. The number of carbonyl (C=O) groups is 1. The van der Waals surface area contributed by atoms with Crippen LogP contribution in [0.5, 0.6) is 5.75 Å². The highest BCUT2D eigenvalue weighted by atomic mass is 16.3. The van der Waals surface area contributed by atoms with Crippen molar-refractivity contribution in [1.82, 2.24) is 5.43 Å². The molecule has 2 rings (SSSR count). The number of para-hydroxylation sites is 1. The van der Waals surface area contributed by atoms with Crippen molar-refractivity contribution in [3.8, 4) is 5.75 Å². The molecule has 0 atom stereocenters. The van der Waals surface area contributed by atoms with Gasteiger partial charge in [0.1, 0.15) is 5.75 Å². The van der Waals surface area contributed by atoms with Crippen molar-refractivity contribution < 1.29 is 9.90 Å². The minimum atomic E-state index is -0.0401. The zero-order valence-corrected chi connectivity index (χ0v) is 8.18. The van der Waals surface area contributed by atoms with E-state index in [2.05, 4.69) is 10.5 Å². The molecular formula is C11H12N2O2. The first kappa shape index (κ1) is 9.71. The molecule has 0 heterocycles. The summed E-state index contributed by atoms with van der Waals surface area (Å²) in [6.45, 7) is 0. The van der Waals surface area contributed by atoms with E-state index in [0.29, 0.717) is 5.56 Å². The van der Waals surface area contributed by atoms with Crippen LogP contribution < -0.4 is 5.43 Å². The van der Waals surface area contributed by atoms with E-state index < -0.39 is 0 Å². The largest absolute Gasteiger partial charge is 0.507 e. The van der Waals surface area contributed by atoms with Crippen molar-refractivity contribution in [2.45, 2.75) is 12.8 Å². The van der Waals surface area contributed by atoms with Crippen LogP contribution in [0.15, 0.2) is 29.4 Å². The molecule has 78 valence electrons. The van der Waals surface area contributed by atoms with Gasteiger partial charge >= 0.3 is 0 Å². The quantitative estimate of drug-likeness (QED) is 0.575. The van der Waals surface area contributed by atoms with Gasteiger partial charge in [0.25, 0.3) is 0 Å². The molecule has 15 heavy (non-hydrogen) atoms. The molecule has 0 aromatic heterocycles. The molecule has 1 amide bonds. The van der Waals surface area contributed by atoms with Gasteiger partial charge in [-0.2, -0.15) is 5.10 Å². The monoisotopic (exact) mass is 204 g/mol. The van der Waals surface area contributed by atoms with Crippen molar-refractivity contribution in [2.75, 3.05) is 0 Å². The Balaban J connectivity index is 1.93. The van der Waals surface area contributed by atoms with Crippen LogP contribution in [0.3, 0.4) is 0 Å². The van der Waals surface area contributed by atoms with Crippen LogP contribution >= 0.6 is 0 Å². The first-order valence-electron chi connectivity index (χ1n) is 4.88. The van der Waals surface area contributed by atoms with E-state index in [-0.39, 0.29) is 17.6 Å². The summed E-state index contributed by atoms with van der Waals surface area (Å²) in [5.41, 5.74) is 3.03. The number of phenolic OH excluding ortho intramolecular Hbond substituents is 1. The summed E-state index contributed by atoms with van der Waals surface area (Å²) < 4.78 is 0. The molecule has 0 bridgehead atoms. The number of carbonyl (C=O) groups excluding carboxylic acids is 1. The third-order valence-electron chi connectivity index (χ3n) is 2.26. The Hall–Kier alpha value is -1.84. The van der Waals surface area contributed by atoms with Crippen molar-refractivity contribution in [3.63, 3.8) is 0 Å².